The summed E-state index contributed by atoms with van der Waals surface area (Å²) in [6.07, 6.45) is 1.77. The van der Waals surface area contributed by atoms with E-state index in [0.717, 1.165) is 18.7 Å². The van der Waals surface area contributed by atoms with Gasteiger partial charge in [-0.25, -0.2) is 0 Å². The molecule has 3 nitrogen and oxygen atoms in total. The average molecular weight is 348 g/mol. The Kier molecular flexibility index (Phi) is 4.17. The maximum atomic E-state index is 5.64. The molecule has 3 aromatic rings. The van der Waals surface area contributed by atoms with Crippen molar-refractivity contribution in [3.05, 3.63) is 71.0 Å². The highest BCUT2D eigenvalue weighted by molar-refractivity contribution is 5.78. The van der Waals surface area contributed by atoms with E-state index < -0.39 is 0 Å². The first-order valence-electron chi connectivity index (χ1n) is 9.32. The number of hydrogen-bond acceptors (Lipinski definition) is 3. The summed E-state index contributed by atoms with van der Waals surface area (Å²) in [7, 11) is 6.50. The molecule has 0 saturated heterocycles. The summed E-state index contributed by atoms with van der Waals surface area (Å²) >= 11 is 0. The van der Waals surface area contributed by atoms with Crippen LogP contribution in [0.5, 0.6) is 0 Å². The molecule has 0 spiro atoms. The van der Waals surface area contributed by atoms with Crippen molar-refractivity contribution in [2.75, 3.05) is 27.7 Å². The van der Waals surface area contributed by atoms with Gasteiger partial charge in [-0.05, 0) is 69.4 Å². The van der Waals surface area contributed by atoms with E-state index in [2.05, 4.69) is 81.2 Å². The maximum absolute atomic E-state index is 5.64. The van der Waals surface area contributed by atoms with Crippen molar-refractivity contribution in [3.8, 4) is 0 Å². The molecule has 3 heteroatoms. The van der Waals surface area contributed by atoms with Gasteiger partial charge in [0.2, 0.25) is 0 Å². The van der Waals surface area contributed by atoms with Gasteiger partial charge in [-0.3, -0.25) is 0 Å². The van der Waals surface area contributed by atoms with E-state index in [9.17, 15) is 0 Å². The number of likely N-dealkylation sites (N-methyl/N-ethyl adjacent to an activating group) is 1. The van der Waals surface area contributed by atoms with Crippen LogP contribution in [0, 0.1) is 0 Å². The number of nitrogens with zero attached hydrogens (tertiary/aromatic N) is 2. The molecule has 1 aromatic heterocycles. The summed E-state index contributed by atoms with van der Waals surface area (Å²) in [6.45, 7) is 6.61. The predicted octanol–water partition coefficient (Wildman–Crippen LogP) is 4.81. The minimum atomic E-state index is 0.0215. The van der Waals surface area contributed by atoms with Gasteiger partial charge in [0.1, 0.15) is 5.58 Å². The first-order valence-corrected chi connectivity index (χ1v) is 9.32. The third kappa shape index (κ3) is 2.85. The lowest BCUT2D eigenvalue weighted by atomic mass is 9.81. The zero-order valence-electron chi connectivity index (χ0n) is 16.4. The van der Waals surface area contributed by atoms with Gasteiger partial charge in [0.15, 0.2) is 0 Å². The quantitative estimate of drug-likeness (QED) is 0.677. The van der Waals surface area contributed by atoms with Crippen LogP contribution in [-0.4, -0.2) is 37.5 Å². The second-order valence-corrected chi connectivity index (χ2v) is 8.33. The molecule has 1 aliphatic heterocycles. The molecule has 0 fully saturated rings. The van der Waals surface area contributed by atoms with E-state index in [-0.39, 0.29) is 5.54 Å². The van der Waals surface area contributed by atoms with Gasteiger partial charge >= 0.3 is 0 Å². The number of furan rings is 1. The van der Waals surface area contributed by atoms with Gasteiger partial charge in [-0.1, -0.05) is 30.3 Å². The lowest BCUT2D eigenvalue weighted by molar-refractivity contribution is 0.197. The van der Waals surface area contributed by atoms with Crippen LogP contribution in [-0.2, 0) is 12.1 Å². The SMILES string of the molecule is CN1Cc2cc(C(C)(C)N(C)C)ccc2C(c2ccc3ccoc3c2)C1. The van der Waals surface area contributed by atoms with Gasteiger partial charge < -0.3 is 14.2 Å². The molecule has 1 unspecified atom stereocenters. The lowest BCUT2D eigenvalue weighted by Gasteiger charge is -2.37. The number of benzene rings is 2. The van der Waals surface area contributed by atoms with Crippen molar-refractivity contribution in [1.29, 1.82) is 0 Å². The van der Waals surface area contributed by atoms with E-state index in [1.165, 1.54) is 27.6 Å². The first-order chi connectivity index (χ1) is 12.4. The summed E-state index contributed by atoms with van der Waals surface area (Å²) < 4.78 is 5.64. The van der Waals surface area contributed by atoms with Crippen molar-refractivity contribution in [1.82, 2.24) is 9.80 Å². The molecule has 26 heavy (non-hydrogen) atoms. The zero-order chi connectivity index (χ0) is 18.5. The van der Waals surface area contributed by atoms with Gasteiger partial charge in [0.05, 0.1) is 6.26 Å². The smallest absolute Gasteiger partial charge is 0.134 e. The van der Waals surface area contributed by atoms with Crippen LogP contribution in [0.4, 0.5) is 0 Å². The van der Waals surface area contributed by atoms with Gasteiger partial charge in [0.25, 0.3) is 0 Å². The van der Waals surface area contributed by atoms with Crippen molar-refractivity contribution in [2.45, 2.75) is 31.8 Å². The molecule has 2 heterocycles. The van der Waals surface area contributed by atoms with Crippen LogP contribution in [0.25, 0.3) is 11.0 Å². The molecule has 0 bridgehead atoms. The summed E-state index contributed by atoms with van der Waals surface area (Å²) in [5.41, 5.74) is 6.59. The standard InChI is InChI=1S/C23H28N2O/c1-23(2,24(3)4)19-8-9-20-18(12-19)14-25(5)15-21(20)17-7-6-16-10-11-26-22(16)13-17/h6-13,21H,14-15H2,1-5H3. The van der Waals surface area contributed by atoms with Gasteiger partial charge in [-0.15, -0.1) is 0 Å². The van der Waals surface area contributed by atoms with Crippen LogP contribution in [0.3, 0.4) is 0 Å². The lowest BCUT2D eigenvalue weighted by Crippen LogP contribution is -2.36. The number of hydrogen-bond donors (Lipinski definition) is 0. The monoisotopic (exact) mass is 348 g/mol. The molecular formula is C23H28N2O. The van der Waals surface area contributed by atoms with Crippen LogP contribution in [0.15, 0.2) is 53.1 Å². The van der Waals surface area contributed by atoms with Crippen molar-refractivity contribution < 1.29 is 4.42 Å². The Morgan fingerprint density at radius 2 is 1.88 bits per heavy atom. The van der Waals surface area contributed by atoms with E-state index in [1.807, 2.05) is 6.07 Å². The summed E-state index contributed by atoms with van der Waals surface area (Å²) in [6, 6.07) is 15.7. The molecule has 0 amide bonds. The Labute approximate surface area is 156 Å². The third-order valence-corrected chi connectivity index (χ3v) is 6.16. The summed E-state index contributed by atoms with van der Waals surface area (Å²) in [4.78, 5) is 4.70. The average Bonchev–Trinajstić information content (AvgIpc) is 3.07. The first kappa shape index (κ1) is 17.3. The van der Waals surface area contributed by atoms with Crippen LogP contribution in [0.1, 0.15) is 42.0 Å². The minimum Gasteiger partial charge on any atom is -0.464 e. The molecule has 1 aliphatic rings. The second kappa shape index (κ2) is 6.26. The molecular weight excluding hydrogens is 320 g/mol. The molecule has 0 N–H and O–H groups in total. The molecule has 4 rings (SSSR count). The Morgan fingerprint density at radius 3 is 2.65 bits per heavy atom. The molecule has 136 valence electrons. The Bertz CT molecular complexity index is 938. The fourth-order valence-corrected chi connectivity index (χ4v) is 3.96. The highest BCUT2D eigenvalue weighted by Crippen LogP contribution is 2.37. The van der Waals surface area contributed by atoms with Crippen molar-refractivity contribution >= 4 is 11.0 Å². The number of fused-ring (bicyclic) bond motifs is 2. The normalized spacial score (nSPS) is 18.5. The topological polar surface area (TPSA) is 19.6 Å². The van der Waals surface area contributed by atoms with Crippen molar-refractivity contribution in [2.24, 2.45) is 0 Å². The van der Waals surface area contributed by atoms with Crippen LogP contribution < -0.4 is 0 Å². The summed E-state index contributed by atoms with van der Waals surface area (Å²) in [5.74, 6) is 0.384. The van der Waals surface area contributed by atoms with E-state index in [4.69, 9.17) is 4.42 Å². The fraction of sp³-hybridized carbons (Fsp3) is 0.391. The zero-order valence-corrected chi connectivity index (χ0v) is 16.4. The molecule has 0 radical (unpaired) electrons. The van der Waals surface area contributed by atoms with E-state index in [1.54, 1.807) is 6.26 Å². The largest absolute Gasteiger partial charge is 0.464 e. The Balaban J connectivity index is 1.78. The number of rotatable bonds is 3. The fourth-order valence-electron chi connectivity index (χ4n) is 3.96. The van der Waals surface area contributed by atoms with E-state index >= 15 is 0 Å². The Morgan fingerprint density at radius 1 is 1.08 bits per heavy atom. The molecule has 0 aliphatic carbocycles. The minimum absolute atomic E-state index is 0.0215. The molecule has 0 saturated carbocycles. The Hall–Kier alpha value is -2.10. The van der Waals surface area contributed by atoms with Crippen LogP contribution in [0.2, 0.25) is 0 Å². The second-order valence-electron chi connectivity index (χ2n) is 8.33. The highest BCUT2D eigenvalue weighted by atomic mass is 16.3. The predicted molar refractivity (Wildman–Crippen MR) is 108 cm³/mol. The molecule has 2 aromatic carbocycles. The van der Waals surface area contributed by atoms with Crippen LogP contribution >= 0.6 is 0 Å². The summed E-state index contributed by atoms with van der Waals surface area (Å²) in [5, 5.41) is 1.17. The molecule has 1 atom stereocenters. The maximum Gasteiger partial charge on any atom is 0.134 e. The van der Waals surface area contributed by atoms with Crippen molar-refractivity contribution in [3.63, 3.8) is 0 Å². The van der Waals surface area contributed by atoms with Gasteiger partial charge in [-0.2, -0.15) is 0 Å². The van der Waals surface area contributed by atoms with E-state index in [0.29, 0.717) is 5.92 Å². The van der Waals surface area contributed by atoms with Gasteiger partial charge in [0, 0.05) is 29.9 Å². The third-order valence-electron chi connectivity index (χ3n) is 6.16. The highest BCUT2D eigenvalue weighted by Gasteiger charge is 2.29.